The summed E-state index contributed by atoms with van der Waals surface area (Å²) in [5.41, 5.74) is 3.39. The molecule has 7 nitrogen and oxygen atoms in total. The van der Waals surface area contributed by atoms with Crippen molar-refractivity contribution in [2.24, 2.45) is 0 Å². The molecule has 0 saturated carbocycles. The quantitative estimate of drug-likeness (QED) is 0.496. The summed E-state index contributed by atoms with van der Waals surface area (Å²) in [6.07, 6.45) is 1.58. The highest BCUT2D eigenvalue weighted by molar-refractivity contribution is 5.94. The number of rotatable bonds is 5. The van der Waals surface area contributed by atoms with Crippen LogP contribution >= 0.6 is 0 Å². The molecule has 0 aliphatic heterocycles. The summed E-state index contributed by atoms with van der Waals surface area (Å²) in [6, 6.07) is 11.0. The maximum absolute atomic E-state index is 12.1. The number of fused-ring (bicyclic) bond motifs is 1. The average Bonchev–Trinajstić information content (AvgIpc) is 3.38. The molecule has 0 aliphatic carbocycles. The van der Waals surface area contributed by atoms with Gasteiger partial charge in [-0.3, -0.25) is 0 Å². The number of aromatic nitrogens is 2. The molecule has 0 bridgehead atoms. The number of benzene rings is 1. The van der Waals surface area contributed by atoms with Gasteiger partial charge in [0.2, 0.25) is 5.89 Å². The van der Waals surface area contributed by atoms with Gasteiger partial charge in [-0.2, -0.15) is 0 Å². The van der Waals surface area contributed by atoms with E-state index in [1.54, 1.807) is 19.4 Å². The van der Waals surface area contributed by atoms with Gasteiger partial charge in [0.05, 0.1) is 32.5 Å². The number of furan rings is 1. The van der Waals surface area contributed by atoms with Crippen LogP contribution in [0.3, 0.4) is 0 Å². The van der Waals surface area contributed by atoms with Gasteiger partial charge in [-0.1, -0.05) is 0 Å². The zero-order valence-electron chi connectivity index (χ0n) is 15.2. The van der Waals surface area contributed by atoms with E-state index in [0.29, 0.717) is 29.5 Å². The van der Waals surface area contributed by atoms with Crippen molar-refractivity contribution in [3.8, 4) is 17.2 Å². The van der Waals surface area contributed by atoms with Crippen molar-refractivity contribution in [2.75, 3.05) is 14.2 Å². The van der Waals surface area contributed by atoms with E-state index >= 15 is 0 Å². The number of hydrogen-bond acceptors (Lipinski definition) is 6. The minimum Gasteiger partial charge on any atom is -0.497 e. The Morgan fingerprint density at radius 1 is 1.19 bits per heavy atom. The van der Waals surface area contributed by atoms with Gasteiger partial charge in [-0.25, -0.2) is 9.78 Å². The van der Waals surface area contributed by atoms with Gasteiger partial charge >= 0.3 is 5.97 Å². The molecule has 7 heteroatoms. The number of oxazole rings is 1. The fourth-order valence-corrected chi connectivity index (χ4v) is 3.00. The Bertz CT molecular complexity index is 1100. The Hall–Kier alpha value is -3.48. The zero-order chi connectivity index (χ0) is 19.0. The number of carbonyl (C=O) groups excluding carboxylic acids is 1. The fraction of sp³-hybridized carbons (Fsp3) is 0.200. The van der Waals surface area contributed by atoms with Crippen molar-refractivity contribution < 1.29 is 23.1 Å². The largest absolute Gasteiger partial charge is 0.497 e. The standard InChI is InChI=1S/C20H18N2O5/c1-12-15(21-19(27-12)13-4-6-14(24-2)7-5-13)11-22-16-8-9-26-18(16)10-17(22)20(23)25-3/h4-10H,11H2,1-3H3. The molecule has 0 unspecified atom stereocenters. The number of aryl methyl sites for hydroxylation is 1. The molecule has 4 aromatic rings. The third-order valence-electron chi connectivity index (χ3n) is 4.45. The van der Waals surface area contributed by atoms with Crippen LogP contribution in [0.5, 0.6) is 5.75 Å². The number of esters is 1. The maximum Gasteiger partial charge on any atom is 0.354 e. The van der Waals surface area contributed by atoms with Crippen LogP contribution in [0.15, 0.2) is 51.5 Å². The van der Waals surface area contributed by atoms with Gasteiger partial charge in [0, 0.05) is 17.7 Å². The third kappa shape index (κ3) is 2.97. The summed E-state index contributed by atoms with van der Waals surface area (Å²) < 4.78 is 23.1. The van der Waals surface area contributed by atoms with Crippen molar-refractivity contribution in [3.63, 3.8) is 0 Å². The van der Waals surface area contributed by atoms with E-state index in [1.165, 1.54) is 7.11 Å². The first-order valence-corrected chi connectivity index (χ1v) is 8.36. The van der Waals surface area contributed by atoms with E-state index in [9.17, 15) is 4.79 Å². The molecule has 138 valence electrons. The van der Waals surface area contributed by atoms with Gasteiger partial charge in [-0.15, -0.1) is 0 Å². The fourth-order valence-electron chi connectivity index (χ4n) is 3.00. The summed E-state index contributed by atoms with van der Waals surface area (Å²) in [5, 5.41) is 0. The number of nitrogens with zero attached hydrogens (tertiary/aromatic N) is 2. The topological polar surface area (TPSA) is 79.6 Å². The molecule has 0 saturated heterocycles. The second kappa shape index (κ2) is 6.68. The summed E-state index contributed by atoms with van der Waals surface area (Å²) in [4.78, 5) is 16.7. The van der Waals surface area contributed by atoms with Crippen LogP contribution in [0, 0.1) is 6.92 Å². The molecule has 0 amide bonds. The second-order valence-electron chi connectivity index (χ2n) is 6.03. The van der Waals surface area contributed by atoms with Gasteiger partial charge in [0.1, 0.15) is 22.9 Å². The van der Waals surface area contributed by atoms with Crippen molar-refractivity contribution >= 4 is 17.1 Å². The molecule has 0 spiro atoms. The van der Waals surface area contributed by atoms with E-state index in [4.69, 9.17) is 18.3 Å². The molecule has 0 aliphatic rings. The smallest absolute Gasteiger partial charge is 0.354 e. The Balaban J connectivity index is 1.71. The highest BCUT2D eigenvalue weighted by Crippen LogP contribution is 2.27. The minimum atomic E-state index is -0.432. The average molecular weight is 366 g/mol. The Labute approximate surface area is 155 Å². The van der Waals surface area contributed by atoms with E-state index in [-0.39, 0.29) is 0 Å². The van der Waals surface area contributed by atoms with Crippen LogP contribution in [0.2, 0.25) is 0 Å². The van der Waals surface area contributed by atoms with E-state index in [1.807, 2.05) is 41.8 Å². The van der Waals surface area contributed by atoms with Gasteiger partial charge in [-0.05, 0) is 31.2 Å². The molecule has 1 aromatic carbocycles. The van der Waals surface area contributed by atoms with Crippen LogP contribution < -0.4 is 4.74 Å². The summed E-state index contributed by atoms with van der Waals surface area (Å²) in [7, 11) is 2.97. The minimum absolute atomic E-state index is 0.360. The Morgan fingerprint density at radius 3 is 2.67 bits per heavy atom. The highest BCUT2D eigenvalue weighted by atomic mass is 16.5. The summed E-state index contributed by atoms with van der Waals surface area (Å²) in [5.74, 6) is 1.53. The number of ether oxygens (including phenoxy) is 2. The van der Waals surface area contributed by atoms with Crippen LogP contribution in [0.1, 0.15) is 21.9 Å². The van der Waals surface area contributed by atoms with E-state index in [2.05, 4.69) is 4.98 Å². The molecular formula is C20H18N2O5. The molecule has 0 atom stereocenters. The van der Waals surface area contributed by atoms with Crippen molar-refractivity contribution in [3.05, 3.63) is 59.8 Å². The van der Waals surface area contributed by atoms with Crippen LogP contribution in [-0.2, 0) is 11.3 Å². The van der Waals surface area contributed by atoms with Gasteiger partial charge in [0.25, 0.3) is 0 Å². The molecule has 0 N–H and O–H groups in total. The molecule has 4 rings (SSSR count). The summed E-state index contributed by atoms with van der Waals surface area (Å²) in [6.45, 7) is 2.21. The molecular weight excluding hydrogens is 348 g/mol. The normalized spacial score (nSPS) is 11.1. The predicted octanol–water partition coefficient (Wildman–Crippen LogP) is 4.04. The lowest BCUT2D eigenvalue weighted by Crippen LogP contribution is -2.12. The number of methoxy groups -OCH3 is 2. The lowest BCUT2D eigenvalue weighted by atomic mass is 10.2. The maximum atomic E-state index is 12.1. The monoisotopic (exact) mass is 366 g/mol. The molecule has 27 heavy (non-hydrogen) atoms. The first-order chi connectivity index (χ1) is 13.1. The van der Waals surface area contributed by atoms with E-state index < -0.39 is 5.97 Å². The zero-order valence-corrected chi connectivity index (χ0v) is 15.2. The number of carbonyl (C=O) groups is 1. The summed E-state index contributed by atoms with van der Waals surface area (Å²) >= 11 is 0. The predicted molar refractivity (Wildman–Crippen MR) is 97.9 cm³/mol. The van der Waals surface area contributed by atoms with Crippen LogP contribution in [-0.4, -0.2) is 29.7 Å². The van der Waals surface area contributed by atoms with E-state index in [0.717, 1.165) is 22.5 Å². The van der Waals surface area contributed by atoms with Gasteiger partial charge in [0.15, 0.2) is 5.58 Å². The molecule has 0 radical (unpaired) electrons. The van der Waals surface area contributed by atoms with Crippen LogP contribution in [0.4, 0.5) is 0 Å². The van der Waals surface area contributed by atoms with Crippen LogP contribution in [0.25, 0.3) is 22.6 Å². The molecule has 3 heterocycles. The molecule has 3 aromatic heterocycles. The van der Waals surface area contributed by atoms with Crippen molar-refractivity contribution in [1.82, 2.24) is 9.55 Å². The lowest BCUT2D eigenvalue weighted by Gasteiger charge is -2.07. The van der Waals surface area contributed by atoms with Gasteiger partial charge < -0.3 is 22.9 Å². The van der Waals surface area contributed by atoms with Crippen molar-refractivity contribution in [1.29, 1.82) is 0 Å². The SMILES string of the molecule is COC(=O)c1cc2occc2n1Cc1nc(-c2ccc(OC)cc2)oc1C. The lowest BCUT2D eigenvalue weighted by molar-refractivity contribution is 0.0589. The Kier molecular flexibility index (Phi) is 4.19. The first-order valence-electron chi connectivity index (χ1n) is 8.36. The second-order valence-corrected chi connectivity index (χ2v) is 6.03. The van der Waals surface area contributed by atoms with Crippen molar-refractivity contribution in [2.45, 2.75) is 13.5 Å². The highest BCUT2D eigenvalue weighted by Gasteiger charge is 2.20. The first kappa shape index (κ1) is 17.0. The number of hydrogen-bond donors (Lipinski definition) is 0. The third-order valence-corrected chi connectivity index (χ3v) is 4.45. The molecule has 0 fully saturated rings. The Morgan fingerprint density at radius 2 is 1.96 bits per heavy atom.